The van der Waals surface area contributed by atoms with E-state index < -0.39 is 0 Å². The lowest BCUT2D eigenvalue weighted by Crippen LogP contribution is -2.48. The highest BCUT2D eigenvalue weighted by molar-refractivity contribution is 5.18. The Kier molecular flexibility index (Phi) is 4.44. The van der Waals surface area contributed by atoms with Gasteiger partial charge in [-0.25, -0.2) is 4.39 Å². The average Bonchev–Trinajstić information content (AvgIpc) is 2.31. The highest BCUT2D eigenvalue weighted by Gasteiger charge is 2.29. The van der Waals surface area contributed by atoms with Crippen LogP contribution < -0.4 is 5.73 Å². The van der Waals surface area contributed by atoms with Crippen LogP contribution in [0.1, 0.15) is 25.8 Å². The third-order valence-electron chi connectivity index (χ3n) is 3.32. The largest absolute Gasteiger partial charge is 0.377 e. The van der Waals surface area contributed by atoms with E-state index in [0.29, 0.717) is 6.42 Å². The molecule has 2 atom stereocenters. The number of benzene rings is 1. The number of nitrogens with two attached hydrogens (primary N) is 1. The Bertz CT molecular complexity index is 319. The topological polar surface area (TPSA) is 35.2 Å². The van der Waals surface area contributed by atoms with E-state index in [9.17, 15) is 4.39 Å². The Balaban J connectivity index is 2.70. The summed E-state index contributed by atoms with van der Waals surface area (Å²) in [6.07, 6.45) is 1.55. The van der Waals surface area contributed by atoms with Crippen molar-refractivity contribution in [1.82, 2.24) is 0 Å². The predicted molar refractivity (Wildman–Crippen MR) is 63.8 cm³/mol. The molecule has 1 rings (SSSR count). The van der Waals surface area contributed by atoms with Gasteiger partial charge in [-0.15, -0.1) is 0 Å². The SMILES string of the molecule is CCC(C)(OC)C(N)Cc1ccc(F)cc1. The maximum atomic E-state index is 12.7. The lowest BCUT2D eigenvalue weighted by molar-refractivity contribution is -0.0184. The molecule has 90 valence electrons. The van der Waals surface area contributed by atoms with E-state index in [-0.39, 0.29) is 17.5 Å². The van der Waals surface area contributed by atoms with Crippen molar-refractivity contribution in [1.29, 1.82) is 0 Å². The minimum atomic E-state index is -0.325. The Morgan fingerprint density at radius 1 is 1.38 bits per heavy atom. The molecule has 2 unspecified atom stereocenters. The quantitative estimate of drug-likeness (QED) is 0.835. The van der Waals surface area contributed by atoms with Gasteiger partial charge in [-0.2, -0.15) is 0 Å². The molecule has 0 aliphatic rings. The van der Waals surface area contributed by atoms with Gasteiger partial charge in [0.15, 0.2) is 0 Å². The van der Waals surface area contributed by atoms with Gasteiger partial charge in [0.05, 0.1) is 5.60 Å². The number of hydrogen-bond acceptors (Lipinski definition) is 2. The third kappa shape index (κ3) is 3.03. The summed E-state index contributed by atoms with van der Waals surface area (Å²) < 4.78 is 18.2. The summed E-state index contributed by atoms with van der Waals surface area (Å²) >= 11 is 0. The number of hydrogen-bond donors (Lipinski definition) is 1. The van der Waals surface area contributed by atoms with E-state index in [4.69, 9.17) is 10.5 Å². The van der Waals surface area contributed by atoms with Crippen molar-refractivity contribution in [3.8, 4) is 0 Å². The molecule has 0 aromatic heterocycles. The molecular weight excluding hydrogens is 205 g/mol. The van der Waals surface area contributed by atoms with Crippen molar-refractivity contribution < 1.29 is 9.13 Å². The maximum Gasteiger partial charge on any atom is 0.123 e. The normalized spacial score (nSPS) is 16.8. The molecule has 3 heteroatoms. The highest BCUT2D eigenvalue weighted by Crippen LogP contribution is 2.20. The van der Waals surface area contributed by atoms with Gasteiger partial charge < -0.3 is 10.5 Å². The van der Waals surface area contributed by atoms with Gasteiger partial charge in [0.25, 0.3) is 0 Å². The Labute approximate surface area is 96.6 Å². The fraction of sp³-hybridized carbons (Fsp3) is 0.538. The van der Waals surface area contributed by atoms with E-state index in [2.05, 4.69) is 0 Å². The molecule has 0 bridgehead atoms. The number of rotatable bonds is 5. The Morgan fingerprint density at radius 3 is 2.38 bits per heavy atom. The molecule has 0 amide bonds. The van der Waals surface area contributed by atoms with E-state index in [1.807, 2.05) is 13.8 Å². The summed E-state index contributed by atoms with van der Waals surface area (Å²) in [7, 11) is 1.67. The van der Waals surface area contributed by atoms with Crippen LogP contribution in [0.25, 0.3) is 0 Å². The third-order valence-corrected chi connectivity index (χ3v) is 3.32. The van der Waals surface area contributed by atoms with Crippen LogP contribution in [0.2, 0.25) is 0 Å². The van der Waals surface area contributed by atoms with Gasteiger partial charge >= 0.3 is 0 Å². The smallest absolute Gasteiger partial charge is 0.123 e. The van der Waals surface area contributed by atoms with Crippen LogP contribution in [-0.2, 0) is 11.2 Å². The lowest BCUT2D eigenvalue weighted by Gasteiger charge is -2.33. The molecule has 0 saturated carbocycles. The minimum absolute atomic E-state index is 0.0899. The van der Waals surface area contributed by atoms with E-state index in [1.165, 1.54) is 12.1 Å². The first-order valence-corrected chi connectivity index (χ1v) is 5.57. The monoisotopic (exact) mass is 225 g/mol. The van der Waals surface area contributed by atoms with Crippen LogP contribution in [0.4, 0.5) is 4.39 Å². The van der Waals surface area contributed by atoms with Crippen LogP contribution >= 0.6 is 0 Å². The number of halogens is 1. The molecule has 0 fully saturated rings. The Morgan fingerprint density at radius 2 is 1.94 bits per heavy atom. The maximum absolute atomic E-state index is 12.7. The Hall–Kier alpha value is -0.930. The summed E-state index contributed by atoms with van der Waals surface area (Å²) in [6.45, 7) is 4.05. The van der Waals surface area contributed by atoms with Crippen LogP contribution in [0.3, 0.4) is 0 Å². The second-order valence-corrected chi connectivity index (χ2v) is 4.31. The molecule has 0 saturated heterocycles. The molecule has 0 radical (unpaired) electrons. The van der Waals surface area contributed by atoms with Crippen LogP contribution in [0.15, 0.2) is 24.3 Å². The number of ether oxygens (including phenoxy) is 1. The average molecular weight is 225 g/mol. The molecule has 1 aromatic carbocycles. The highest BCUT2D eigenvalue weighted by atomic mass is 19.1. The molecule has 2 nitrogen and oxygen atoms in total. The summed E-state index contributed by atoms with van der Waals surface area (Å²) in [5, 5.41) is 0. The molecule has 0 aliphatic heterocycles. The zero-order valence-corrected chi connectivity index (χ0v) is 10.2. The van der Waals surface area contributed by atoms with E-state index in [0.717, 1.165) is 12.0 Å². The van der Waals surface area contributed by atoms with Gasteiger partial charge in [0.1, 0.15) is 5.82 Å². The van der Waals surface area contributed by atoms with Gasteiger partial charge in [0, 0.05) is 13.2 Å². The predicted octanol–water partition coefficient (Wildman–Crippen LogP) is 2.51. The fourth-order valence-corrected chi connectivity index (χ4v) is 1.65. The molecular formula is C13H20FNO. The van der Waals surface area contributed by atoms with Crippen LogP contribution in [-0.4, -0.2) is 18.8 Å². The van der Waals surface area contributed by atoms with Gasteiger partial charge in [0.2, 0.25) is 0 Å². The molecule has 16 heavy (non-hydrogen) atoms. The van der Waals surface area contributed by atoms with Crippen molar-refractivity contribution in [2.45, 2.75) is 38.3 Å². The second-order valence-electron chi connectivity index (χ2n) is 4.31. The minimum Gasteiger partial charge on any atom is -0.377 e. The van der Waals surface area contributed by atoms with Crippen molar-refractivity contribution in [2.75, 3.05) is 7.11 Å². The lowest BCUT2D eigenvalue weighted by atomic mass is 9.89. The van der Waals surface area contributed by atoms with Gasteiger partial charge in [-0.05, 0) is 37.5 Å². The van der Waals surface area contributed by atoms with Crippen molar-refractivity contribution in [3.05, 3.63) is 35.6 Å². The summed E-state index contributed by atoms with van der Waals surface area (Å²) in [5.74, 6) is -0.220. The van der Waals surface area contributed by atoms with Crippen molar-refractivity contribution >= 4 is 0 Å². The molecule has 1 aromatic rings. The summed E-state index contributed by atoms with van der Waals surface area (Å²) in [4.78, 5) is 0. The fourth-order valence-electron chi connectivity index (χ4n) is 1.65. The molecule has 0 spiro atoms. The van der Waals surface area contributed by atoms with E-state index >= 15 is 0 Å². The van der Waals surface area contributed by atoms with Crippen molar-refractivity contribution in [3.63, 3.8) is 0 Å². The van der Waals surface area contributed by atoms with Crippen LogP contribution in [0, 0.1) is 5.82 Å². The zero-order chi connectivity index (χ0) is 12.2. The molecule has 2 N–H and O–H groups in total. The van der Waals surface area contributed by atoms with Crippen LogP contribution in [0.5, 0.6) is 0 Å². The summed E-state index contributed by atoms with van der Waals surface area (Å²) in [6, 6.07) is 6.35. The standard InChI is InChI=1S/C13H20FNO/c1-4-13(2,16-3)12(15)9-10-5-7-11(14)8-6-10/h5-8,12H,4,9,15H2,1-3H3. The molecule has 0 aliphatic carbocycles. The first-order valence-electron chi connectivity index (χ1n) is 5.57. The summed E-state index contributed by atoms with van der Waals surface area (Å²) in [5.41, 5.74) is 6.83. The number of methoxy groups -OCH3 is 1. The van der Waals surface area contributed by atoms with Gasteiger partial charge in [-0.1, -0.05) is 19.1 Å². The first-order chi connectivity index (χ1) is 7.51. The second kappa shape index (κ2) is 5.41. The van der Waals surface area contributed by atoms with Gasteiger partial charge in [-0.3, -0.25) is 0 Å². The first kappa shape index (κ1) is 13.1. The van der Waals surface area contributed by atoms with Crippen molar-refractivity contribution in [2.24, 2.45) is 5.73 Å². The van der Waals surface area contributed by atoms with E-state index in [1.54, 1.807) is 19.2 Å². The molecule has 0 heterocycles. The zero-order valence-electron chi connectivity index (χ0n) is 10.2.